The van der Waals surface area contributed by atoms with Gasteiger partial charge in [0.2, 0.25) is 5.95 Å². The molecular weight excluding hydrogens is 266 g/mol. The molecule has 1 aliphatic heterocycles. The smallest absolute Gasteiger partial charge is 0.225 e. The summed E-state index contributed by atoms with van der Waals surface area (Å²) in [5.41, 5.74) is 0. The van der Waals surface area contributed by atoms with Crippen molar-refractivity contribution in [2.75, 3.05) is 31.2 Å². The van der Waals surface area contributed by atoms with Crippen LogP contribution in [0.15, 0.2) is 12.4 Å². The molecule has 1 aromatic rings. The van der Waals surface area contributed by atoms with Crippen molar-refractivity contribution in [1.29, 1.82) is 0 Å². The fourth-order valence-corrected chi connectivity index (χ4v) is 3.59. The van der Waals surface area contributed by atoms with Crippen LogP contribution in [0.5, 0.6) is 5.75 Å². The second-order valence-electron chi connectivity index (χ2n) is 6.15. The lowest BCUT2D eigenvalue weighted by molar-refractivity contribution is 0.266. The zero-order valence-electron chi connectivity index (χ0n) is 12.7. The number of aliphatic hydroxyl groups excluding tert-OH is 1. The van der Waals surface area contributed by atoms with Gasteiger partial charge >= 0.3 is 0 Å². The molecule has 3 rings (SSSR count). The van der Waals surface area contributed by atoms with Crippen molar-refractivity contribution >= 4 is 5.95 Å². The summed E-state index contributed by atoms with van der Waals surface area (Å²) < 4.78 is 5.38. The van der Waals surface area contributed by atoms with Crippen molar-refractivity contribution in [2.45, 2.75) is 32.6 Å². The number of ether oxygens (including phenoxy) is 1. The quantitative estimate of drug-likeness (QED) is 0.870. The topological polar surface area (TPSA) is 58.5 Å². The van der Waals surface area contributed by atoms with Crippen molar-refractivity contribution < 1.29 is 9.84 Å². The third kappa shape index (κ3) is 3.46. The molecule has 1 saturated carbocycles. The van der Waals surface area contributed by atoms with E-state index in [-0.39, 0.29) is 0 Å². The van der Waals surface area contributed by atoms with E-state index in [0.29, 0.717) is 13.2 Å². The van der Waals surface area contributed by atoms with Gasteiger partial charge in [0.1, 0.15) is 0 Å². The average molecular weight is 291 g/mol. The van der Waals surface area contributed by atoms with E-state index in [0.717, 1.165) is 49.0 Å². The maximum atomic E-state index is 9.01. The molecule has 0 radical (unpaired) electrons. The number of aliphatic hydroxyl groups is 1. The van der Waals surface area contributed by atoms with Gasteiger partial charge in [-0.25, -0.2) is 9.97 Å². The lowest BCUT2D eigenvalue weighted by Crippen LogP contribution is -2.35. The fourth-order valence-electron chi connectivity index (χ4n) is 3.59. The van der Waals surface area contributed by atoms with E-state index in [1.165, 1.54) is 19.3 Å². The molecule has 0 aromatic carbocycles. The van der Waals surface area contributed by atoms with Crippen LogP contribution in [0.2, 0.25) is 0 Å². The molecule has 2 heterocycles. The summed E-state index contributed by atoms with van der Waals surface area (Å²) in [5.74, 6) is 4.04. The van der Waals surface area contributed by atoms with Crippen LogP contribution in [0.3, 0.4) is 0 Å². The molecule has 5 heteroatoms. The number of piperidine rings is 1. The van der Waals surface area contributed by atoms with E-state index in [9.17, 15) is 0 Å². The monoisotopic (exact) mass is 291 g/mol. The molecule has 0 spiro atoms. The van der Waals surface area contributed by atoms with Crippen molar-refractivity contribution in [2.24, 2.45) is 17.8 Å². The Bertz CT molecular complexity index is 443. The van der Waals surface area contributed by atoms with Crippen LogP contribution in [-0.4, -0.2) is 41.4 Å². The summed E-state index contributed by atoms with van der Waals surface area (Å²) in [4.78, 5) is 11.1. The summed E-state index contributed by atoms with van der Waals surface area (Å²) >= 11 is 0. The Kier molecular flexibility index (Phi) is 4.58. The summed E-state index contributed by atoms with van der Waals surface area (Å²) in [6.07, 6.45) is 8.29. The Morgan fingerprint density at radius 3 is 2.62 bits per heavy atom. The van der Waals surface area contributed by atoms with Crippen LogP contribution >= 0.6 is 0 Å². The zero-order chi connectivity index (χ0) is 14.7. The van der Waals surface area contributed by atoms with Crippen molar-refractivity contribution in [1.82, 2.24) is 9.97 Å². The average Bonchev–Trinajstić information content (AvgIpc) is 3.28. The maximum absolute atomic E-state index is 9.01. The van der Waals surface area contributed by atoms with Crippen LogP contribution in [-0.2, 0) is 0 Å². The molecule has 0 bridgehead atoms. The Morgan fingerprint density at radius 2 is 2.00 bits per heavy atom. The predicted octanol–water partition coefficient (Wildman–Crippen LogP) is 2.11. The molecule has 1 saturated heterocycles. The van der Waals surface area contributed by atoms with E-state index in [4.69, 9.17) is 9.84 Å². The Balaban J connectivity index is 1.49. The lowest BCUT2D eigenvalue weighted by Gasteiger charge is -2.32. The van der Waals surface area contributed by atoms with Crippen LogP contribution in [0.4, 0.5) is 5.95 Å². The summed E-state index contributed by atoms with van der Waals surface area (Å²) in [6, 6.07) is 0. The summed E-state index contributed by atoms with van der Waals surface area (Å²) in [6.45, 7) is 5.03. The molecule has 1 aliphatic carbocycles. The number of hydrogen-bond acceptors (Lipinski definition) is 5. The maximum Gasteiger partial charge on any atom is 0.225 e. The predicted molar refractivity (Wildman–Crippen MR) is 81.4 cm³/mol. The highest BCUT2D eigenvalue weighted by Crippen LogP contribution is 2.49. The molecule has 21 heavy (non-hydrogen) atoms. The van der Waals surface area contributed by atoms with Gasteiger partial charge in [-0.05, 0) is 50.4 Å². The first kappa shape index (κ1) is 14.6. The van der Waals surface area contributed by atoms with Gasteiger partial charge in [-0.15, -0.1) is 0 Å². The first-order valence-corrected chi connectivity index (χ1v) is 8.12. The Labute approximate surface area is 126 Å². The molecule has 5 nitrogen and oxygen atoms in total. The number of hydrogen-bond donors (Lipinski definition) is 1. The minimum atomic E-state index is 0.347. The van der Waals surface area contributed by atoms with Gasteiger partial charge in [-0.1, -0.05) is 0 Å². The minimum absolute atomic E-state index is 0.347. The van der Waals surface area contributed by atoms with E-state index in [1.807, 2.05) is 6.92 Å². The van der Waals surface area contributed by atoms with Crippen LogP contribution < -0.4 is 9.64 Å². The molecule has 2 aliphatic rings. The SMILES string of the molecule is CCOc1cnc(N2CCC(C3CC3CCO)CC2)nc1. The molecule has 0 amide bonds. The number of anilines is 1. The second kappa shape index (κ2) is 6.60. The number of aromatic nitrogens is 2. The Morgan fingerprint density at radius 1 is 1.29 bits per heavy atom. The first-order chi connectivity index (χ1) is 10.3. The number of rotatable bonds is 6. The molecule has 116 valence electrons. The molecular formula is C16H25N3O2. The zero-order valence-corrected chi connectivity index (χ0v) is 12.7. The lowest BCUT2D eigenvalue weighted by atomic mass is 9.90. The van der Waals surface area contributed by atoms with Gasteiger partial charge < -0.3 is 14.7 Å². The van der Waals surface area contributed by atoms with Gasteiger partial charge in [-0.3, -0.25) is 0 Å². The molecule has 2 fully saturated rings. The highest BCUT2D eigenvalue weighted by molar-refractivity contribution is 5.32. The van der Waals surface area contributed by atoms with Gasteiger partial charge in [-0.2, -0.15) is 0 Å². The third-order valence-corrected chi connectivity index (χ3v) is 4.83. The minimum Gasteiger partial charge on any atom is -0.491 e. The van der Waals surface area contributed by atoms with E-state index in [2.05, 4.69) is 14.9 Å². The molecule has 1 N–H and O–H groups in total. The van der Waals surface area contributed by atoms with E-state index in [1.54, 1.807) is 12.4 Å². The largest absolute Gasteiger partial charge is 0.491 e. The molecule has 2 unspecified atom stereocenters. The molecule has 1 aromatic heterocycles. The summed E-state index contributed by atoms with van der Waals surface area (Å²) in [7, 11) is 0. The van der Waals surface area contributed by atoms with Crippen molar-refractivity contribution in [3.8, 4) is 5.75 Å². The van der Waals surface area contributed by atoms with Crippen molar-refractivity contribution in [3.63, 3.8) is 0 Å². The van der Waals surface area contributed by atoms with Gasteiger partial charge in [0.05, 0.1) is 19.0 Å². The van der Waals surface area contributed by atoms with Crippen LogP contribution in [0.25, 0.3) is 0 Å². The number of nitrogens with zero attached hydrogens (tertiary/aromatic N) is 3. The van der Waals surface area contributed by atoms with E-state index < -0.39 is 0 Å². The highest BCUT2D eigenvalue weighted by atomic mass is 16.5. The van der Waals surface area contributed by atoms with Gasteiger partial charge in [0.25, 0.3) is 0 Å². The standard InChI is InChI=1S/C16H25N3O2/c1-2-21-14-10-17-16(18-11-14)19-6-3-12(4-7-19)15-9-13(15)5-8-20/h10-13,15,20H,2-9H2,1H3. The fraction of sp³-hybridized carbons (Fsp3) is 0.750. The van der Waals surface area contributed by atoms with E-state index >= 15 is 0 Å². The summed E-state index contributed by atoms with van der Waals surface area (Å²) in [5, 5.41) is 9.01. The normalized spacial score (nSPS) is 25.9. The molecule has 2 atom stereocenters. The van der Waals surface area contributed by atoms with Gasteiger partial charge in [0, 0.05) is 19.7 Å². The van der Waals surface area contributed by atoms with Gasteiger partial charge in [0.15, 0.2) is 5.75 Å². The first-order valence-electron chi connectivity index (χ1n) is 8.12. The van der Waals surface area contributed by atoms with Crippen LogP contribution in [0, 0.1) is 17.8 Å². The Hall–Kier alpha value is -1.36. The second-order valence-corrected chi connectivity index (χ2v) is 6.15. The third-order valence-electron chi connectivity index (χ3n) is 4.83. The van der Waals surface area contributed by atoms with Crippen LogP contribution in [0.1, 0.15) is 32.6 Å². The van der Waals surface area contributed by atoms with Crippen molar-refractivity contribution in [3.05, 3.63) is 12.4 Å². The highest BCUT2D eigenvalue weighted by Gasteiger charge is 2.42.